The first-order valence-electron chi connectivity index (χ1n) is 11.4. The number of aliphatic hydroxyl groups excluding tert-OH is 1. The van der Waals surface area contributed by atoms with Gasteiger partial charge < -0.3 is 14.7 Å². The first-order valence-corrected chi connectivity index (χ1v) is 12.9. The average molecular weight is 425 g/mol. The van der Waals surface area contributed by atoms with Crippen molar-refractivity contribution in [3.8, 4) is 0 Å². The lowest BCUT2D eigenvalue weighted by molar-refractivity contribution is 0.0947. The highest BCUT2D eigenvalue weighted by Crippen LogP contribution is 2.42. The van der Waals surface area contributed by atoms with Gasteiger partial charge in [-0.25, -0.2) is 4.57 Å². The molecule has 0 aromatic heterocycles. The number of aliphatic hydroxyl groups is 1. The summed E-state index contributed by atoms with van der Waals surface area (Å²) < 4.78 is 26.1. The Balaban J connectivity index is 3.13. The van der Waals surface area contributed by atoms with Crippen LogP contribution in [-0.4, -0.2) is 43.0 Å². The molecular weight excluding hydrogens is 379 g/mol. The fourth-order valence-electron chi connectivity index (χ4n) is 3.04. The van der Waals surface area contributed by atoms with Crippen molar-refractivity contribution in [2.75, 3.05) is 33.0 Å². The topological polar surface area (TPSA) is 85.2 Å². The van der Waals surface area contributed by atoms with E-state index >= 15 is 0 Å². The van der Waals surface area contributed by atoms with Gasteiger partial charge in [-0.3, -0.25) is 9.05 Å². The molecule has 6 nitrogen and oxygen atoms in total. The minimum absolute atomic E-state index is 0.109. The second-order valence-corrected chi connectivity index (χ2v) is 8.87. The van der Waals surface area contributed by atoms with Crippen LogP contribution in [0, 0.1) is 0 Å². The van der Waals surface area contributed by atoms with Crippen LogP contribution in [0.15, 0.2) is 0 Å². The van der Waals surface area contributed by atoms with E-state index in [1.54, 1.807) is 0 Å². The number of phosphoric acid groups is 1. The number of ether oxygens (including phenoxy) is 1. The second kappa shape index (κ2) is 21.7. The van der Waals surface area contributed by atoms with Gasteiger partial charge in [-0.15, -0.1) is 0 Å². The third-order valence-electron chi connectivity index (χ3n) is 4.68. The molecular formula is C21H45O6P. The Hall–Kier alpha value is 0.0300. The van der Waals surface area contributed by atoms with E-state index in [4.69, 9.17) is 14.4 Å². The number of hydrogen-bond acceptors (Lipinski definition) is 5. The molecule has 0 saturated heterocycles. The summed E-state index contributed by atoms with van der Waals surface area (Å²) in [7, 11) is -4.02. The van der Waals surface area contributed by atoms with E-state index in [-0.39, 0.29) is 19.8 Å². The van der Waals surface area contributed by atoms with Crippen molar-refractivity contribution < 1.29 is 28.3 Å². The molecule has 0 spiro atoms. The zero-order valence-electron chi connectivity index (χ0n) is 18.1. The van der Waals surface area contributed by atoms with Crippen LogP contribution in [0.5, 0.6) is 0 Å². The lowest BCUT2D eigenvalue weighted by Gasteiger charge is -2.11. The molecule has 1 atom stereocenters. The Kier molecular flexibility index (Phi) is 21.8. The molecule has 0 aliphatic rings. The number of hydrogen-bond donors (Lipinski definition) is 2. The predicted octanol–water partition coefficient (Wildman–Crippen LogP) is 6.00. The summed E-state index contributed by atoms with van der Waals surface area (Å²) >= 11 is 0. The molecule has 0 radical (unpaired) electrons. The molecule has 0 aliphatic heterocycles. The van der Waals surface area contributed by atoms with Gasteiger partial charge in [0, 0.05) is 13.2 Å². The maximum atomic E-state index is 11.3. The molecule has 0 aromatic carbocycles. The van der Waals surface area contributed by atoms with Crippen LogP contribution in [0.25, 0.3) is 0 Å². The Morgan fingerprint density at radius 2 is 1.04 bits per heavy atom. The molecule has 0 aliphatic carbocycles. The van der Waals surface area contributed by atoms with Crippen molar-refractivity contribution in [2.45, 2.75) is 103 Å². The Morgan fingerprint density at radius 1 is 0.607 bits per heavy atom. The molecule has 7 heteroatoms. The minimum Gasteiger partial charge on any atom is -0.394 e. The highest BCUT2D eigenvalue weighted by Gasteiger charge is 2.19. The molecule has 1 unspecified atom stereocenters. The average Bonchev–Trinajstić information content (AvgIpc) is 2.68. The summed E-state index contributed by atoms with van der Waals surface area (Å²) in [4.78, 5) is 9.25. The van der Waals surface area contributed by atoms with Crippen molar-refractivity contribution in [2.24, 2.45) is 0 Å². The summed E-state index contributed by atoms with van der Waals surface area (Å²) in [5.41, 5.74) is 0. The molecule has 0 saturated carbocycles. The lowest BCUT2D eigenvalue weighted by atomic mass is 10.0. The Labute approximate surface area is 173 Å². The Morgan fingerprint density at radius 3 is 1.54 bits per heavy atom. The smallest absolute Gasteiger partial charge is 0.394 e. The summed E-state index contributed by atoms with van der Waals surface area (Å²) in [5.74, 6) is 0. The first kappa shape index (κ1) is 28.0. The van der Waals surface area contributed by atoms with Crippen molar-refractivity contribution in [3.63, 3.8) is 0 Å². The fourth-order valence-corrected chi connectivity index (χ4v) is 3.78. The largest absolute Gasteiger partial charge is 0.472 e. The maximum Gasteiger partial charge on any atom is 0.472 e. The van der Waals surface area contributed by atoms with Gasteiger partial charge >= 0.3 is 7.82 Å². The van der Waals surface area contributed by atoms with Gasteiger partial charge in [-0.2, -0.15) is 0 Å². The number of phosphoric ester groups is 1. The third-order valence-corrected chi connectivity index (χ3v) is 5.69. The van der Waals surface area contributed by atoms with Crippen molar-refractivity contribution >= 4 is 7.82 Å². The maximum absolute atomic E-state index is 11.3. The molecule has 170 valence electrons. The second-order valence-electron chi connectivity index (χ2n) is 7.42. The molecule has 0 aromatic rings. The minimum atomic E-state index is -4.02. The lowest BCUT2D eigenvalue weighted by Crippen LogP contribution is -2.04. The SMILES string of the molecule is CCCCCCCCCCCCCCCCOCCCOP(=O)(O)OCCO. The third kappa shape index (κ3) is 22.3. The van der Waals surface area contributed by atoms with Gasteiger partial charge in [0.25, 0.3) is 0 Å². The van der Waals surface area contributed by atoms with Crippen LogP contribution in [0.3, 0.4) is 0 Å². The monoisotopic (exact) mass is 424 g/mol. The normalized spacial score (nSPS) is 13.7. The molecule has 28 heavy (non-hydrogen) atoms. The van der Waals surface area contributed by atoms with E-state index in [9.17, 15) is 9.46 Å². The summed E-state index contributed by atoms with van der Waals surface area (Å²) in [5, 5.41) is 8.53. The molecule has 0 bridgehead atoms. The molecule has 0 fully saturated rings. The Bertz CT molecular complexity index is 354. The summed E-state index contributed by atoms with van der Waals surface area (Å²) in [6, 6.07) is 0. The molecule has 2 N–H and O–H groups in total. The fraction of sp³-hybridized carbons (Fsp3) is 1.00. The van der Waals surface area contributed by atoms with Gasteiger partial charge in [-0.05, 0) is 12.8 Å². The summed E-state index contributed by atoms with van der Waals surface area (Å²) in [6.45, 7) is 3.11. The zero-order chi connectivity index (χ0) is 20.8. The van der Waals surface area contributed by atoms with Crippen molar-refractivity contribution in [3.05, 3.63) is 0 Å². The van der Waals surface area contributed by atoms with Crippen molar-refractivity contribution in [1.82, 2.24) is 0 Å². The molecule has 0 amide bonds. The standard InChI is InChI=1S/C21H45O6P/c1-2-3-4-5-6-7-8-9-10-11-12-13-14-15-18-25-19-16-20-26-28(23,24)27-21-17-22/h22H,2-21H2,1H3,(H,23,24). The number of rotatable bonds is 23. The van der Waals surface area contributed by atoms with Gasteiger partial charge in [-0.1, -0.05) is 90.4 Å². The van der Waals surface area contributed by atoms with Gasteiger partial charge in [0.15, 0.2) is 0 Å². The molecule has 0 heterocycles. The molecule has 0 rings (SSSR count). The highest BCUT2D eigenvalue weighted by molar-refractivity contribution is 7.47. The van der Waals surface area contributed by atoms with Crippen LogP contribution in [-0.2, 0) is 18.3 Å². The van der Waals surface area contributed by atoms with E-state index < -0.39 is 7.82 Å². The van der Waals surface area contributed by atoms with Crippen LogP contribution >= 0.6 is 7.82 Å². The van der Waals surface area contributed by atoms with Crippen LogP contribution in [0.2, 0.25) is 0 Å². The van der Waals surface area contributed by atoms with Crippen LogP contribution < -0.4 is 0 Å². The predicted molar refractivity (Wildman–Crippen MR) is 115 cm³/mol. The van der Waals surface area contributed by atoms with E-state index in [0.29, 0.717) is 13.0 Å². The first-order chi connectivity index (χ1) is 13.6. The highest BCUT2D eigenvalue weighted by atomic mass is 31.2. The van der Waals surface area contributed by atoms with Gasteiger partial charge in [0.1, 0.15) is 0 Å². The van der Waals surface area contributed by atoms with Crippen LogP contribution in [0.1, 0.15) is 103 Å². The van der Waals surface area contributed by atoms with Gasteiger partial charge in [0.2, 0.25) is 0 Å². The van der Waals surface area contributed by atoms with Crippen molar-refractivity contribution in [1.29, 1.82) is 0 Å². The summed E-state index contributed by atoms with van der Waals surface area (Å²) in [6.07, 6.45) is 19.3. The number of unbranched alkanes of at least 4 members (excludes halogenated alkanes) is 13. The van der Waals surface area contributed by atoms with E-state index in [1.165, 1.54) is 83.5 Å². The van der Waals surface area contributed by atoms with Crippen LogP contribution in [0.4, 0.5) is 0 Å². The van der Waals surface area contributed by atoms with Gasteiger partial charge in [0.05, 0.1) is 19.8 Å². The van der Waals surface area contributed by atoms with E-state index in [0.717, 1.165) is 13.0 Å². The quantitative estimate of drug-likeness (QED) is 0.155. The van der Waals surface area contributed by atoms with E-state index in [2.05, 4.69) is 11.4 Å². The zero-order valence-corrected chi connectivity index (χ0v) is 19.0. The van der Waals surface area contributed by atoms with E-state index in [1.807, 2.05) is 0 Å².